The van der Waals surface area contributed by atoms with Gasteiger partial charge in [0.2, 0.25) is 0 Å². The van der Waals surface area contributed by atoms with Crippen LogP contribution in [-0.4, -0.2) is 31.6 Å². The van der Waals surface area contributed by atoms with Crippen LogP contribution in [0.3, 0.4) is 0 Å². The zero-order valence-corrected chi connectivity index (χ0v) is 14.1. The number of fused-ring (bicyclic) bond motifs is 1. The molecule has 4 nitrogen and oxygen atoms in total. The van der Waals surface area contributed by atoms with Gasteiger partial charge in [0.25, 0.3) is 5.91 Å². The van der Waals surface area contributed by atoms with Gasteiger partial charge >= 0.3 is 0 Å². The Bertz CT molecular complexity index is 640. The third-order valence-corrected chi connectivity index (χ3v) is 5.27. The molecule has 0 aliphatic heterocycles. The van der Waals surface area contributed by atoms with Crippen LogP contribution in [0.5, 0.6) is 5.75 Å². The molecule has 1 unspecified atom stereocenters. The smallest absolute Gasteiger partial charge is 0.263 e. The number of hydrogen-bond acceptors (Lipinski definition) is 5. The van der Waals surface area contributed by atoms with E-state index in [9.17, 15) is 4.79 Å². The van der Waals surface area contributed by atoms with Crippen LogP contribution in [0, 0.1) is 5.92 Å². The molecule has 3 N–H and O–H groups in total. The lowest BCUT2D eigenvalue weighted by atomic mass is 10.2. The largest absolute Gasteiger partial charge is 0.496 e. The normalized spacial score (nSPS) is 12.3. The van der Waals surface area contributed by atoms with Crippen molar-refractivity contribution < 1.29 is 9.53 Å². The van der Waals surface area contributed by atoms with E-state index >= 15 is 0 Å². The van der Waals surface area contributed by atoms with E-state index < -0.39 is 0 Å². The summed E-state index contributed by atoms with van der Waals surface area (Å²) >= 11 is 3.18. The summed E-state index contributed by atoms with van der Waals surface area (Å²) in [5.41, 5.74) is 6.65. The number of nitrogens with one attached hydrogen (secondary N) is 1. The standard InChI is InChI=1S/C15H20N2O2S2/c1-9(8-20-3)7-17-15(18)14-13(16)12-10(19-2)5-4-6-11(12)21-14/h4-6,9H,7-8,16H2,1-3H3,(H,17,18). The minimum atomic E-state index is -0.108. The first kappa shape index (κ1) is 16.0. The monoisotopic (exact) mass is 324 g/mol. The maximum absolute atomic E-state index is 12.3. The summed E-state index contributed by atoms with van der Waals surface area (Å²) in [6.45, 7) is 2.78. The maximum Gasteiger partial charge on any atom is 0.263 e. The number of anilines is 1. The molecule has 1 amide bonds. The fourth-order valence-electron chi connectivity index (χ4n) is 2.17. The number of methoxy groups -OCH3 is 1. The molecule has 0 saturated heterocycles. The molecule has 114 valence electrons. The number of carbonyl (C=O) groups is 1. The lowest BCUT2D eigenvalue weighted by molar-refractivity contribution is 0.0954. The van der Waals surface area contributed by atoms with Crippen molar-refractivity contribution in [2.45, 2.75) is 6.92 Å². The highest BCUT2D eigenvalue weighted by Crippen LogP contribution is 2.39. The number of nitrogen functional groups attached to an aromatic ring is 1. The summed E-state index contributed by atoms with van der Waals surface area (Å²) in [6, 6.07) is 5.71. The van der Waals surface area contributed by atoms with Gasteiger partial charge in [-0.25, -0.2) is 0 Å². The predicted molar refractivity (Wildman–Crippen MR) is 92.7 cm³/mol. The minimum absolute atomic E-state index is 0.108. The Balaban J connectivity index is 2.22. The molecule has 0 saturated carbocycles. The molecule has 2 aromatic rings. The number of thiophene rings is 1. The first-order valence-electron chi connectivity index (χ1n) is 6.70. The molecular weight excluding hydrogens is 304 g/mol. The third kappa shape index (κ3) is 3.44. The SMILES string of the molecule is COc1cccc2sc(C(=O)NCC(C)CSC)c(N)c12. The summed E-state index contributed by atoms with van der Waals surface area (Å²) in [4.78, 5) is 12.9. The second-order valence-electron chi connectivity index (χ2n) is 4.95. The Morgan fingerprint density at radius 1 is 1.52 bits per heavy atom. The predicted octanol–water partition coefficient (Wildman–Crippen LogP) is 3.22. The summed E-state index contributed by atoms with van der Waals surface area (Å²) < 4.78 is 6.29. The van der Waals surface area contributed by atoms with Crippen LogP contribution in [0.15, 0.2) is 18.2 Å². The summed E-state index contributed by atoms with van der Waals surface area (Å²) in [5.74, 6) is 2.06. The maximum atomic E-state index is 12.3. The number of ether oxygens (including phenoxy) is 1. The van der Waals surface area contributed by atoms with E-state index in [0.29, 0.717) is 28.8 Å². The van der Waals surface area contributed by atoms with Gasteiger partial charge in [0.1, 0.15) is 10.6 Å². The fourth-order valence-corrected chi connectivity index (χ4v) is 3.91. The number of carbonyl (C=O) groups excluding carboxylic acids is 1. The van der Waals surface area contributed by atoms with Crippen LogP contribution >= 0.6 is 23.1 Å². The van der Waals surface area contributed by atoms with E-state index in [1.54, 1.807) is 18.9 Å². The molecule has 0 bridgehead atoms. The van der Waals surface area contributed by atoms with Gasteiger partial charge in [0, 0.05) is 11.2 Å². The quantitative estimate of drug-likeness (QED) is 0.856. The van der Waals surface area contributed by atoms with Gasteiger partial charge in [-0.05, 0) is 30.1 Å². The minimum Gasteiger partial charge on any atom is -0.496 e. The Morgan fingerprint density at radius 2 is 2.29 bits per heavy atom. The Hall–Kier alpha value is -1.40. The molecule has 0 aliphatic carbocycles. The number of nitrogens with two attached hydrogens (primary N) is 1. The van der Waals surface area contributed by atoms with Crippen LogP contribution in [0.25, 0.3) is 10.1 Å². The van der Waals surface area contributed by atoms with Crippen molar-refractivity contribution in [3.05, 3.63) is 23.1 Å². The molecule has 0 radical (unpaired) electrons. The number of hydrogen-bond donors (Lipinski definition) is 2. The van der Waals surface area contributed by atoms with E-state index in [-0.39, 0.29) is 5.91 Å². The fraction of sp³-hybridized carbons (Fsp3) is 0.400. The molecule has 1 atom stereocenters. The van der Waals surface area contributed by atoms with Crippen molar-refractivity contribution in [2.24, 2.45) is 5.92 Å². The average Bonchev–Trinajstić information content (AvgIpc) is 2.82. The Labute approximate surface area is 133 Å². The Morgan fingerprint density at radius 3 is 2.95 bits per heavy atom. The summed E-state index contributed by atoms with van der Waals surface area (Å²) in [6.07, 6.45) is 2.06. The van der Waals surface area contributed by atoms with Gasteiger partial charge in [-0.3, -0.25) is 4.79 Å². The lowest BCUT2D eigenvalue weighted by Crippen LogP contribution is -2.28. The van der Waals surface area contributed by atoms with Crippen LogP contribution < -0.4 is 15.8 Å². The van der Waals surface area contributed by atoms with Gasteiger partial charge in [-0.1, -0.05) is 13.0 Å². The van der Waals surface area contributed by atoms with Crippen LogP contribution in [0.1, 0.15) is 16.6 Å². The van der Waals surface area contributed by atoms with Crippen molar-refractivity contribution in [3.8, 4) is 5.75 Å². The number of thioether (sulfide) groups is 1. The number of amides is 1. The van der Waals surface area contributed by atoms with Crippen LogP contribution in [-0.2, 0) is 0 Å². The highest BCUT2D eigenvalue weighted by Gasteiger charge is 2.19. The zero-order valence-electron chi connectivity index (χ0n) is 12.4. The molecule has 1 aromatic heterocycles. The topological polar surface area (TPSA) is 64.3 Å². The van der Waals surface area contributed by atoms with E-state index in [1.165, 1.54) is 11.3 Å². The highest BCUT2D eigenvalue weighted by atomic mass is 32.2. The van der Waals surface area contributed by atoms with Crippen molar-refractivity contribution in [1.29, 1.82) is 0 Å². The van der Waals surface area contributed by atoms with Gasteiger partial charge in [0.05, 0.1) is 18.2 Å². The molecule has 1 heterocycles. The number of benzene rings is 1. The molecular formula is C15H20N2O2S2. The molecule has 2 rings (SSSR count). The lowest BCUT2D eigenvalue weighted by Gasteiger charge is -2.10. The van der Waals surface area contributed by atoms with Crippen LogP contribution in [0.4, 0.5) is 5.69 Å². The molecule has 0 spiro atoms. The van der Waals surface area contributed by atoms with Crippen molar-refractivity contribution in [1.82, 2.24) is 5.32 Å². The molecule has 21 heavy (non-hydrogen) atoms. The average molecular weight is 324 g/mol. The first-order chi connectivity index (χ1) is 10.1. The van der Waals surface area contributed by atoms with E-state index in [4.69, 9.17) is 10.5 Å². The number of rotatable bonds is 6. The third-order valence-electron chi connectivity index (χ3n) is 3.20. The molecule has 6 heteroatoms. The van der Waals surface area contributed by atoms with Gasteiger partial charge in [-0.2, -0.15) is 11.8 Å². The molecule has 0 fully saturated rings. The summed E-state index contributed by atoms with van der Waals surface area (Å²) in [7, 11) is 1.61. The van der Waals surface area contributed by atoms with Gasteiger partial charge in [-0.15, -0.1) is 11.3 Å². The van der Waals surface area contributed by atoms with E-state index in [0.717, 1.165) is 15.8 Å². The second kappa shape index (κ2) is 7.04. The second-order valence-corrected chi connectivity index (χ2v) is 6.91. The highest BCUT2D eigenvalue weighted by molar-refractivity contribution is 7.98. The zero-order chi connectivity index (χ0) is 15.4. The van der Waals surface area contributed by atoms with Gasteiger partial charge in [0.15, 0.2) is 0 Å². The van der Waals surface area contributed by atoms with Crippen molar-refractivity contribution in [2.75, 3.05) is 31.4 Å². The van der Waals surface area contributed by atoms with Crippen molar-refractivity contribution in [3.63, 3.8) is 0 Å². The summed E-state index contributed by atoms with van der Waals surface area (Å²) in [5, 5.41) is 3.79. The van der Waals surface area contributed by atoms with E-state index in [1.807, 2.05) is 18.2 Å². The molecule has 0 aliphatic rings. The van der Waals surface area contributed by atoms with E-state index in [2.05, 4.69) is 18.5 Å². The molecule has 1 aromatic carbocycles. The van der Waals surface area contributed by atoms with Gasteiger partial charge < -0.3 is 15.8 Å². The van der Waals surface area contributed by atoms with Crippen LogP contribution in [0.2, 0.25) is 0 Å². The first-order valence-corrected chi connectivity index (χ1v) is 8.91. The Kier molecular flexibility index (Phi) is 5.36. The van der Waals surface area contributed by atoms with Crippen molar-refractivity contribution >= 4 is 44.8 Å².